The molecule has 1 aromatic rings. The molecule has 0 unspecified atom stereocenters. The molecule has 19 heavy (non-hydrogen) atoms. The van der Waals surface area contributed by atoms with Crippen molar-refractivity contribution < 1.29 is 19.7 Å². The fourth-order valence-corrected chi connectivity index (χ4v) is 3.78. The molecule has 0 heterocycles. The van der Waals surface area contributed by atoms with Gasteiger partial charge in [-0.05, 0) is 47.3 Å². The van der Waals surface area contributed by atoms with Gasteiger partial charge in [0.2, 0.25) is 0 Å². The van der Waals surface area contributed by atoms with Crippen LogP contribution >= 0.6 is 15.9 Å². The van der Waals surface area contributed by atoms with E-state index in [2.05, 4.69) is 15.9 Å². The minimum absolute atomic E-state index is 0.0568. The Morgan fingerprint density at radius 2 is 2.00 bits per heavy atom. The molecule has 0 bridgehead atoms. The van der Waals surface area contributed by atoms with Crippen molar-refractivity contribution in [2.45, 2.75) is 38.0 Å². The van der Waals surface area contributed by atoms with E-state index in [4.69, 9.17) is 4.74 Å². The summed E-state index contributed by atoms with van der Waals surface area (Å²) in [7, 11) is 1.46. The number of hydrogen-bond donors (Lipinski definition) is 2. The van der Waals surface area contributed by atoms with Crippen molar-refractivity contribution in [3.05, 3.63) is 21.7 Å². The highest BCUT2D eigenvalue weighted by atomic mass is 79.9. The molecule has 0 aromatic heterocycles. The Hall–Kier alpha value is -1.23. The highest BCUT2D eigenvalue weighted by molar-refractivity contribution is 9.10. The monoisotopic (exact) mass is 328 g/mol. The summed E-state index contributed by atoms with van der Waals surface area (Å²) >= 11 is 3.32. The van der Waals surface area contributed by atoms with Crippen molar-refractivity contribution in [2.75, 3.05) is 7.11 Å². The summed E-state index contributed by atoms with van der Waals surface area (Å²) in [5, 5.41) is 20.0. The first-order chi connectivity index (χ1) is 8.94. The van der Waals surface area contributed by atoms with Gasteiger partial charge in [-0.15, -0.1) is 0 Å². The van der Waals surface area contributed by atoms with Gasteiger partial charge in [0, 0.05) is 5.56 Å². The topological polar surface area (TPSA) is 66.8 Å². The van der Waals surface area contributed by atoms with Crippen LogP contribution in [0, 0.1) is 6.92 Å². The number of rotatable bonds is 3. The summed E-state index contributed by atoms with van der Waals surface area (Å²) in [5.41, 5.74) is 0.286. The summed E-state index contributed by atoms with van der Waals surface area (Å²) in [5.74, 6) is -0.625. The van der Waals surface area contributed by atoms with Crippen molar-refractivity contribution in [2.24, 2.45) is 0 Å². The Morgan fingerprint density at radius 3 is 2.47 bits per heavy atom. The Bertz CT molecular complexity index is 519. The van der Waals surface area contributed by atoms with Crippen molar-refractivity contribution >= 4 is 21.9 Å². The maximum Gasteiger partial charge on any atom is 0.314 e. The van der Waals surface area contributed by atoms with Crippen molar-refractivity contribution in [1.82, 2.24) is 0 Å². The molecule has 1 aliphatic carbocycles. The highest BCUT2D eigenvalue weighted by Gasteiger charge is 2.46. The smallest absolute Gasteiger partial charge is 0.314 e. The zero-order valence-electron chi connectivity index (χ0n) is 11.0. The van der Waals surface area contributed by atoms with E-state index in [-0.39, 0.29) is 5.75 Å². The van der Waals surface area contributed by atoms with E-state index >= 15 is 0 Å². The number of aryl methyl sites for hydroxylation is 1. The Labute approximate surface area is 120 Å². The Kier molecular flexibility index (Phi) is 3.76. The van der Waals surface area contributed by atoms with E-state index in [1.807, 2.05) is 6.92 Å². The predicted octanol–water partition coefficient (Wildman–Crippen LogP) is 3.37. The number of phenolic OH excluding ortho intramolecular Hbond substituents is 1. The number of phenols is 1. The van der Waals surface area contributed by atoms with Crippen LogP contribution in [0.25, 0.3) is 0 Å². The lowest BCUT2D eigenvalue weighted by molar-refractivity contribution is -0.143. The average molecular weight is 329 g/mol. The van der Waals surface area contributed by atoms with Crippen LogP contribution < -0.4 is 4.74 Å². The standard InChI is InChI=1S/C14H17BrO4/c1-8-7-9(15)12(19-2)11(16)10(8)14(13(17)18)5-3-4-6-14/h7,16H,3-6H2,1-2H3,(H,17,18). The van der Waals surface area contributed by atoms with Crippen LogP contribution in [-0.4, -0.2) is 23.3 Å². The van der Waals surface area contributed by atoms with E-state index in [0.29, 0.717) is 28.6 Å². The summed E-state index contributed by atoms with van der Waals surface area (Å²) in [4.78, 5) is 11.7. The van der Waals surface area contributed by atoms with Gasteiger partial charge in [-0.3, -0.25) is 4.79 Å². The second-order valence-electron chi connectivity index (χ2n) is 5.03. The molecule has 0 aliphatic heterocycles. The second-order valence-corrected chi connectivity index (χ2v) is 5.88. The molecule has 5 heteroatoms. The van der Waals surface area contributed by atoms with E-state index in [0.717, 1.165) is 18.4 Å². The number of carboxylic acids is 1. The molecule has 104 valence electrons. The molecular weight excluding hydrogens is 312 g/mol. The number of halogens is 1. The number of methoxy groups -OCH3 is 1. The number of carboxylic acid groups (broad SMARTS) is 1. The number of aliphatic carboxylic acids is 1. The van der Waals surface area contributed by atoms with Gasteiger partial charge in [-0.1, -0.05) is 12.8 Å². The molecule has 1 aliphatic rings. The average Bonchev–Trinajstić information content (AvgIpc) is 2.79. The molecule has 1 saturated carbocycles. The Balaban J connectivity index is 2.70. The normalized spacial score (nSPS) is 17.4. The minimum Gasteiger partial charge on any atom is -0.504 e. The molecule has 0 spiro atoms. The molecule has 0 radical (unpaired) electrons. The molecule has 0 atom stereocenters. The minimum atomic E-state index is -0.984. The van der Waals surface area contributed by atoms with Crippen LogP contribution in [0.2, 0.25) is 0 Å². The van der Waals surface area contributed by atoms with Crippen LogP contribution in [0.1, 0.15) is 36.8 Å². The molecule has 1 fully saturated rings. The summed E-state index contributed by atoms with van der Waals surface area (Å²) in [6, 6.07) is 1.80. The first-order valence-electron chi connectivity index (χ1n) is 6.24. The van der Waals surface area contributed by atoms with Gasteiger partial charge in [0.25, 0.3) is 0 Å². The van der Waals surface area contributed by atoms with Gasteiger partial charge >= 0.3 is 5.97 Å². The number of hydrogen-bond acceptors (Lipinski definition) is 3. The number of carbonyl (C=O) groups is 1. The zero-order valence-corrected chi connectivity index (χ0v) is 12.6. The third-order valence-corrected chi connectivity index (χ3v) is 4.54. The molecule has 1 aromatic carbocycles. The summed E-state index contributed by atoms with van der Waals surface area (Å²) < 4.78 is 5.80. The van der Waals surface area contributed by atoms with Gasteiger partial charge in [-0.2, -0.15) is 0 Å². The maximum atomic E-state index is 11.7. The molecule has 2 rings (SSSR count). The summed E-state index contributed by atoms with van der Waals surface area (Å²) in [6.45, 7) is 1.82. The molecular formula is C14H17BrO4. The van der Waals surface area contributed by atoms with E-state index in [1.165, 1.54) is 7.11 Å². The van der Waals surface area contributed by atoms with Crippen LogP contribution in [0.3, 0.4) is 0 Å². The third kappa shape index (κ3) is 2.10. The van der Waals surface area contributed by atoms with E-state index in [1.54, 1.807) is 6.07 Å². The van der Waals surface area contributed by atoms with Crippen LogP contribution in [0.5, 0.6) is 11.5 Å². The molecule has 0 amide bonds. The lowest BCUT2D eigenvalue weighted by Gasteiger charge is -2.28. The number of aromatic hydroxyl groups is 1. The largest absolute Gasteiger partial charge is 0.504 e. The zero-order chi connectivity index (χ0) is 14.2. The summed E-state index contributed by atoms with van der Waals surface area (Å²) in [6.07, 6.45) is 2.84. The predicted molar refractivity (Wildman–Crippen MR) is 74.9 cm³/mol. The Morgan fingerprint density at radius 1 is 1.42 bits per heavy atom. The van der Waals surface area contributed by atoms with Crippen LogP contribution in [-0.2, 0) is 10.2 Å². The SMILES string of the molecule is COc1c(Br)cc(C)c(C2(C(=O)O)CCCC2)c1O. The van der Waals surface area contributed by atoms with Crippen molar-refractivity contribution in [1.29, 1.82) is 0 Å². The lowest BCUT2D eigenvalue weighted by atomic mass is 9.76. The second kappa shape index (κ2) is 5.04. The lowest BCUT2D eigenvalue weighted by Crippen LogP contribution is -2.33. The fraction of sp³-hybridized carbons (Fsp3) is 0.500. The molecule has 4 nitrogen and oxygen atoms in total. The van der Waals surface area contributed by atoms with Gasteiger partial charge in [0.15, 0.2) is 11.5 Å². The van der Waals surface area contributed by atoms with Gasteiger partial charge in [0.05, 0.1) is 17.0 Å². The molecule has 0 saturated heterocycles. The highest BCUT2D eigenvalue weighted by Crippen LogP contribution is 2.50. The quantitative estimate of drug-likeness (QED) is 0.892. The van der Waals surface area contributed by atoms with Crippen molar-refractivity contribution in [3.63, 3.8) is 0 Å². The third-order valence-electron chi connectivity index (χ3n) is 3.96. The van der Waals surface area contributed by atoms with E-state index in [9.17, 15) is 15.0 Å². The first kappa shape index (κ1) is 14.2. The number of benzene rings is 1. The fourth-order valence-electron chi connectivity index (χ4n) is 3.09. The van der Waals surface area contributed by atoms with E-state index < -0.39 is 11.4 Å². The van der Waals surface area contributed by atoms with Crippen molar-refractivity contribution in [3.8, 4) is 11.5 Å². The van der Waals surface area contributed by atoms with Crippen LogP contribution in [0.15, 0.2) is 10.5 Å². The van der Waals surface area contributed by atoms with Gasteiger partial charge < -0.3 is 14.9 Å². The van der Waals surface area contributed by atoms with Gasteiger partial charge in [-0.25, -0.2) is 0 Å². The van der Waals surface area contributed by atoms with Gasteiger partial charge in [0.1, 0.15) is 0 Å². The number of ether oxygens (including phenoxy) is 1. The molecule has 2 N–H and O–H groups in total. The first-order valence-corrected chi connectivity index (χ1v) is 7.03. The maximum absolute atomic E-state index is 11.7. The van der Waals surface area contributed by atoms with Crippen LogP contribution in [0.4, 0.5) is 0 Å².